The Labute approximate surface area is 164 Å². The van der Waals surface area contributed by atoms with E-state index in [-0.39, 0.29) is 0 Å². The number of carboxylic acid groups (broad SMARTS) is 1. The summed E-state index contributed by atoms with van der Waals surface area (Å²) in [5.74, 6) is 0.538. The van der Waals surface area contributed by atoms with E-state index in [1.165, 1.54) is 5.56 Å². The Hall–Kier alpha value is -3.53. The fourth-order valence-corrected chi connectivity index (χ4v) is 2.94. The first kappa shape index (κ1) is 19.2. The molecule has 0 atom stereocenters. The van der Waals surface area contributed by atoms with Gasteiger partial charge in [-0.25, -0.2) is 4.79 Å². The summed E-state index contributed by atoms with van der Waals surface area (Å²) in [6.45, 7) is 0.323. The molecule has 0 unspecified atom stereocenters. The average molecular weight is 374 g/mol. The summed E-state index contributed by atoms with van der Waals surface area (Å²) in [5, 5.41) is 8.81. The van der Waals surface area contributed by atoms with E-state index < -0.39 is 5.97 Å². The second-order valence-electron chi connectivity index (χ2n) is 6.30. The van der Waals surface area contributed by atoms with Gasteiger partial charge in [0.25, 0.3) is 0 Å². The van der Waals surface area contributed by atoms with Crippen LogP contribution in [0.2, 0.25) is 0 Å². The molecule has 1 N–H and O–H groups in total. The lowest BCUT2D eigenvalue weighted by Crippen LogP contribution is -2.02. The van der Waals surface area contributed by atoms with Crippen molar-refractivity contribution in [2.75, 3.05) is 7.11 Å². The van der Waals surface area contributed by atoms with Gasteiger partial charge in [-0.1, -0.05) is 54.6 Å². The molecule has 0 saturated heterocycles. The molecule has 0 aliphatic heterocycles. The number of para-hydroxylation sites is 1. The van der Waals surface area contributed by atoms with Crippen molar-refractivity contribution < 1.29 is 19.4 Å². The number of aliphatic carboxylic acids is 1. The molecule has 0 fully saturated rings. The molecule has 0 heterocycles. The minimum atomic E-state index is -0.983. The van der Waals surface area contributed by atoms with Crippen LogP contribution in [0.3, 0.4) is 0 Å². The number of hydrogen-bond acceptors (Lipinski definition) is 3. The van der Waals surface area contributed by atoms with E-state index >= 15 is 0 Å². The highest BCUT2D eigenvalue weighted by Gasteiger charge is 2.08. The first-order valence-corrected chi connectivity index (χ1v) is 8.98. The van der Waals surface area contributed by atoms with Crippen molar-refractivity contribution in [3.8, 4) is 11.5 Å². The van der Waals surface area contributed by atoms with Gasteiger partial charge in [0.1, 0.15) is 18.1 Å². The molecular weight excluding hydrogens is 352 g/mol. The Kier molecular flexibility index (Phi) is 6.47. The van der Waals surface area contributed by atoms with E-state index in [0.29, 0.717) is 12.4 Å². The molecule has 0 bridgehead atoms. The van der Waals surface area contributed by atoms with Crippen LogP contribution in [-0.2, 0) is 17.8 Å². The van der Waals surface area contributed by atoms with Crippen LogP contribution >= 0.6 is 0 Å². The standard InChI is InChI=1S/C24H22O4/c1-27-22-13-11-19(12-14-24(25)26)16-21(22)17-28-23-10-6-5-9-20(23)15-18-7-3-2-4-8-18/h2-14,16H,15,17H2,1H3,(H,25,26). The fraction of sp³-hybridized carbons (Fsp3) is 0.125. The third kappa shape index (κ3) is 5.24. The second-order valence-corrected chi connectivity index (χ2v) is 6.30. The normalized spacial score (nSPS) is 10.8. The zero-order chi connectivity index (χ0) is 19.8. The number of carboxylic acids is 1. The highest BCUT2D eigenvalue weighted by atomic mass is 16.5. The largest absolute Gasteiger partial charge is 0.496 e. The molecule has 0 aromatic heterocycles. The summed E-state index contributed by atoms with van der Waals surface area (Å²) in [5.41, 5.74) is 3.95. The molecule has 0 amide bonds. The van der Waals surface area contributed by atoms with E-state index in [9.17, 15) is 4.79 Å². The summed E-state index contributed by atoms with van der Waals surface area (Å²) in [6, 6.07) is 23.7. The topological polar surface area (TPSA) is 55.8 Å². The summed E-state index contributed by atoms with van der Waals surface area (Å²) in [4.78, 5) is 10.7. The van der Waals surface area contributed by atoms with Crippen LogP contribution in [0.5, 0.6) is 11.5 Å². The lowest BCUT2D eigenvalue weighted by Gasteiger charge is -2.14. The first-order valence-electron chi connectivity index (χ1n) is 8.98. The lowest BCUT2D eigenvalue weighted by molar-refractivity contribution is -0.131. The maximum Gasteiger partial charge on any atom is 0.328 e. The van der Waals surface area contributed by atoms with Crippen LogP contribution in [0, 0.1) is 0 Å². The minimum absolute atomic E-state index is 0.323. The molecule has 0 radical (unpaired) electrons. The predicted molar refractivity (Wildman–Crippen MR) is 110 cm³/mol. The molecule has 3 aromatic rings. The maximum atomic E-state index is 10.7. The zero-order valence-corrected chi connectivity index (χ0v) is 15.7. The van der Waals surface area contributed by atoms with Crippen LogP contribution < -0.4 is 9.47 Å². The van der Waals surface area contributed by atoms with Crippen molar-refractivity contribution in [2.24, 2.45) is 0 Å². The lowest BCUT2D eigenvalue weighted by atomic mass is 10.0. The number of benzene rings is 3. The van der Waals surface area contributed by atoms with Crippen molar-refractivity contribution in [3.63, 3.8) is 0 Å². The van der Waals surface area contributed by atoms with Gasteiger partial charge in [0.15, 0.2) is 0 Å². The average Bonchev–Trinajstić information content (AvgIpc) is 2.72. The van der Waals surface area contributed by atoms with Gasteiger partial charge in [0.2, 0.25) is 0 Å². The van der Waals surface area contributed by atoms with E-state index in [1.807, 2.05) is 54.6 Å². The summed E-state index contributed by atoms with van der Waals surface area (Å²) in [7, 11) is 1.61. The molecule has 0 spiro atoms. The number of carbonyl (C=O) groups is 1. The Balaban J connectivity index is 1.78. The molecule has 3 rings (SSSR count). The number of hydrogen-bond donors (Lipinski definition) is 1. The van der Waals surface area contributed by atoms with E-state index in [4.69, 9.17) is 14.6 Å². The number of methoxy groups -OCH3 is 1. The van der Waals surface area contributed by atoms with Crippen molar-refractivity contribution in [2.45, 2.75) is 13.0 Å². The second kappa shape index (κ2) is 9.42. The van der Waals surface area contributed by atoms with Gasteiger partial charge in [-0.15, -0.1) is 0 Å². The van der Waals surface area contributed by atoms with Crippen LogP contribution in [0.1, 0.15) is 22.3 Å². The van der Waals surface area contributed by atoms with Gasteiger partial charge in [-0.05, 0) is 41.0 Å². The molecule has 0 aliphatic rings. The third-order valence-electron chi connectivity index (χ3n) is 4.32. The van der Waals surface area contributed by atoms with Gasteiger partial charge >= 0.3 is 5.97 Å². The van der Waals surface area contributed by atoms with Crippen LogP contribution in [0.15, 0.2) is 78.9 Å². The summed E-state index contributed by atoms with van der Waals surface area (Å²) in [6.07, 6.45) is 3.45. The van der Waals surface area contributed by atoms with Crippen molar-refractivity contribution >= 4 is 12.0 Å². The Morgan fingerprint density at radius 3 is 2.43 bits per heavy atom. The third-order valence-corrected chi connectivity index (χ3v) is 4.32. The van der Waals surface area contributed by atoms with E-state index in [2.05, 4.69) is 18.2 Å². The zero-order valence-electron chi connectivity index (χ0n) is 15.7. The fourth-order valence-electron chi connectivity index (χ4n) is 2.94. The number of rotatable bonds is 8. The van der Waals surface area contributed by atoms with Gasteiger partial charge in [0.05, 0.1) is 7.11 Å². The Morgan fingerprint density at radius 1 is 0.929 bits per heavy atom. The van der Waals surface area contributed by atoms with Crippen LogP contribution in [-0.4, -0.2) is 18.2 Å². The smallest absolute Gasteiger partial charge is 0.328 e. The summed E-state index contributed by atoms with van der Waals surface area (Å²) < 4.78 is 11.5. The highest BCUT2D eigenvalue weighted by Crippen LogP contribution is 2.26. The molecule has 4 heteroatoms. The molecule has 0 aliphatic carbocycles. The van der Waals surface area contributed by atoms with Gasteiger partial charge in [-0.2, -0.15) is 0 Å². The predicted octanol–water partition coefficient (Wildman–Crippen LogP) is 4.96. The molecule has 4 nitrogen and oxygen atoms in total. The Bertz CT molecular complexity index is 961. The van der Waals surface area contributed by atoms with Crippen molar-refractivity contribution in [1.82, 2.24) is 0 Å². The highest BCUT2D eigenvalue weighted by molar-refractivity contribution is 5.85. The SMILES string of the molecule is COc1ccc(C=CC(=O)O)cc1COc1ccccc1Cc1ccccc1. The minimum Gasteiger partial charge on any atom is -0.496 e. The van der Waals surface area contributed by atoms with Crippen molar-refractivity contribution in [3.05, 3.63) is 101 Å². The van der Waals surface area contributed by atoms with Gasteiger partial charge in [-0.3, -0.25) is 0 Å². The summed E-state index contributed by atoms with van der Waals surface area (Å²) >= 11 is 0. The molecule has 142 valence electrons. The van der Waals surface area contributed by atoms with Crippen molar-refractivity contribution in [1.29, 1.82) is 0 Å². The number of ether oxygens (including phenoxy) is 2. The quantitative estimate of drug-likeness (QED) is 0.566. The van der Waals surface area contributed by atoms with Gasteiger partial charge < -0.3 is 14.6 Å². The molecule has 3 aromatic carbocycles. The maximum absolute atomic E-state index is 10.7. The van der Waals surface area contributed by atoms with E-state index in [1.54, 1.807) is 13.2 Å². The van der Waals surface area contributed by atoms with Gasteiger partial charge in [0, 0.05) is 18.1 Å². The Morgan fingerprint density at radius 2 is 1.68 bits per heavy atom. The first-order chi connectivity index (χ1) is 13.7. The molecular formula is C24H22O4. The van der Waals surface area contributed by atoms with E-state index in [0.717, 1.165) is 34.9 Å². The monoisotopic (exact) mass is 374 g/mol. The molecule has 28 heavy (non-hydrogen) atoms. The molecule has 0 saturated carbocycles. The van der Waals surface area contributed by atoms with Crippen LogP contribution in [0.4, 0.5) is 0 Å². The van der Waals surface area contributed by atoms with Crippen LogP contribution in [0.25, 0.3) is 6.08 Å².